The first-order valence-corrected chi connectivity index (χ1v) is 17.4. The lowest BCUT2D eigenvalue weighted by Crippen LogP contribution is -2.54. The molecule has 1 N–H and O–H groups in total. The summed E-state index contributed by atoms with van der Waals surface area (Å²) in [4.78, 5) is 30.0. The molecular formula is C35H36Cl3N3O4S. The van der Waals surface area contributed by atoms with Crippen LogP contribution in [0.25, 0.3) is 0 Å². The van der Waals surface area contributed by atoms with Gasteiger partial charge >= 0.3 is 0 Å². The zero-order valence-corrected chi connectivity index (χ0v) is 28.9. The van der Waals surface area contributed by atoms with E-state index in [9.17, 15) is 18.0 Å². The summed E-state index contributed by atoms with van der Waals surface area (Å²) >= 11 is 19.2. The minimum Gasteiger partial charge on any atom is -0.352 e. The molecule has 0 bridgehead atoms. The van der Waals surface area contributed by atoms with Crippen LogP contribution in [-0.2, 0) is 32.6 Å². The lowest BCUT2D eigenvalue weighted by atomic mass is 10.0. The summed E-state index contributed by atoms with van der Waals surface area (Å²) in [5.74, 6) is -0.974. The van der Waals surface area contributed by atoms with Crippen LogP contribution in [-0.4, -0.2) is 43.8 Å². The SMILES string of the molecule is CC[C@H](C)NC(=O)[C@H](Cc1ccccc1)N(Cc1ccc(Cl)cc1Cl)C(=O)CN(c1cccc(Cl)c1C)S(=O)(=O)c1ccccc1. The number of halogens is 3. The Balaban J connectivity index is 1.85. The summed E-state index contributed by atoms with van der Waals surface area (Å²) in [6.45, 7) is 4.85. The Hall–Kier alpha value is -3.56. The Morgan fingerprint density at radius 2 is 1.50 bits per heavy atom. The van der Waals surface area contributed by atoms with E-state index in [1.807, 2.05) is 44.2 Å². The molecule has 11 heteroatoms. The minimum absolute atomic E-state index is 0.00446. The van der Waals surface area contributed by atoms with Crippen LogP contribution in [0.3, 0.4) is 0 Å². The van der Waals surface area contributed by atoms with Crippen molar-refractivity contribution in [2.75, 3.05) is 10.8 Å². The van der Waals surface area contributed by atoms with Crippen molar-refractivity contribution >= 4 is 62.3 Å². The number of nitrogens with one attached hydrogen (secondary N) is 1. The fraction of sp³-hybridized carbons (Fsp3) is 0.257. The smallest absolute Gasteiger partial charge is 0.264 e. The van der Waals surface area contributed by atoms with Gasteiger partial charge in [-0.2, -0.15) is 0 Å². The number of rotatable bonds is 13. The quantitative estimate of drug-likeness (QED) is 0.155. The summed E-state index contributed by atoms with van der Waals surface area (Å²) in [6, 6.07) is 25.8. The van der Waals surface area contributed by atoms with Crippen molar-refractivity contribution in [2.24, 2.45) is 0 Å². The predicted molar refractivity (Wildman–Crippen MR) is 186 cm³/mol. The fourth-order valence-corrected chi connectivity index (χ4v) is 7.06. The summed E-state index contributed by atoms with van der Waals surface area (Å²) in [5, 5.41) is 4.09. The molecular weight excluding hydrogens is 665 g/mol. The van der Waals surface area contributed by atoms with Crippen molar-refractivity contribution < 1.29 is 18.0 Å². The molecule has 2 atom stereocenters. The molecule has 0 spiro atoms. The van der Waals surface area contributed by atoms with E-state index in [1.54, 1.807) is 61.5 Å². The third-order valence-electron chi connectivity index (χ3n) is 7.75. The molecule has 4 rings (SSSR count). The van der Waals surface area contributed by atoms with Gasteiger partial charge in [-0.25, -0.2) is 8.42 Å². The van der Waals surface area contributed by atoms with Gasteiger partial charge in [0.2, 0.25) is 11.8 Å². The number of benzene rings is 4. The van der Waals surface area contributed by atoms with Crippen molar-refractivity contribution in [3.05, 3.63) is 129 Å². The van der Waals surface area contributed by atoms with E-state index < -0.39 is 28.5 Å². The second-order valence-electron chi connectivity index (χ2n) is 11.0. The van der Waals surface area contributed by atoms with E-state index in [4.69, 9.17) is 34.8 Å². The number of hydrogen-bond acceptors (Lipinski definition) is 4. The molecule has 46 heavy (non-hydrogen) atoms. The highest BCUT2D eigenvalue weighted by atomic mass is 35.5. The molecule has 0 aromatic heterocycles. The van der Waals surface area contributed by atoms with Crippen LogP contribution >= 0.6 is 34.8 Å². The molecule has 4 aromatic rings. The van der Waals surface area contributed by atoms with Gasteiger partial charge in [-0.1, -0.05) is 102 Å². The molecule has 0 fully saturated rings. The predicted octanol–water partition coefficient (Wildman–Crippen LogP) is 7.71. The Labute approximate surface area is 286 Å². The second kappa shape index (κ2) is 15.8. The van der Waals surface area contributed by atoms with Crippen LogP contribution in [0.1, 0.15) is 37.0 Å². The summed E-state index contributed by atoms with van der Waals surface area (Å²) in [6.07, 6.45) is 0.861. The first kappa shape index (κ1) is 35.3. The third kappa shape index (κ3) is 8.62. The van der Waals surface area contributed by atoms with Crippen LogP contribution in [0.4, 0.5) is 5.69 Å². The molecule has 0 heterocycles. The Kier molecular flexibility index (Phi) is 12.1. The van der Waals surface area contributed by atoms with Gasteiger partial charge < -0.3 is 10.2 Å². The van der Waals surface area contributed by atoms with Crippen LogP contribution in [0, 0.1) is 6.92 Å². The van der Waals surface area contributed by atoms with Crippen molar-refractivity contribution in [3.63, 3.8) is 0 Å². The van der Waals surface area contributed by atoms with Crippen LogP contribution in [0.15, 0.2) is 102 Å². The molecule has 242 valence electrons. The maximum atomic E-state index is 14.6. The monoisotopic (exact) mass is 699 g/mol. The molecule has 7 nitrogen and oxygen atoms in total. The van der Waals surface area contributed by atoms with Crippen LogP contribution in [0.5, 0.6) is 0 Å². The number of anilines is 1. The summed E-state index contributed by atoms with van der Waals surface area (Å²) in [5.41, 5.74) is 2.11. The number of carbonyl (C=O) groups is 2. The van der Waals surface area contributed by atoms with Crippen molar-refractivity contribution in [3.8, 4) is 0 Å². The van der Waals surface area contributed by atoms with Crippen molar-refractivity contribution in [1.29, 1.82) is 0 Å². The fourth-order valence-electron chi connectivity index (χ4n) is 4.93. The Morgan fingerprint density at radius 1 is 0.848 bits per heavy atom. The van der Waals surface area contributed by atoms with Crippen molar-refractivity contribution in [2.45, 2.75) is 57.1 Å². The molecule has 0 saturated carbocycles. The van der Waals surface area contributed by atoms with E-state index in [-0.39, 0.29) is 35.5 Å². The van der Waals surface area contributed by atoms with Crippen LogP contribution < -0.4 is 9.62 Å². The molecule has 2 amide bonds. The number of sulfonamides is 1. The molecule has 0 aliphatic carbocycles. The number of amides is 2. The summed E-state index contributed by atoms with van der Waals surface area (Å²) in [7, 11) is -4.25. The van der Waals surface area contributed by atoms with Gasteiger partial charge in [-0.15, -0.1) is 0 Å². The van der Waals surface area contributed by atoms with Gasteiger partial charge in [0.15, 0.2) is 0 Å². The third-order valence-corrected chi connectivity index (χ3v) is 10.5. The molecule has 0 saturated heterocycles. The highest BCUT2D eigenvalue weighted by molar-refractivity contribution is 7.92. The molecule has 0 aliphatic heterocycles. The first-order valence-electron chi connectivity index (χ1n) is 14.8. The Morgan fingerprint density at radius 3 is 2.13 bits per heavy atom. The number of nitrogens with zero attached hydrogens (tertiary/aromatic N) is 2. The number of carbonyl (C=O) groups excluding carboxylic acids is 2. The van der Waals surface area contributed by atoms with E-state index in [2.05, 4.69) is 5.32 Å². The lowest BCUT2D eigenvalue weighted by Gasteiger charge is -2.35. The van der Waals surface area contributed by atoms with E-state index in [0.717, 1.165) is 9.87 Å². The topological polar surface area (TPSA) is 86.8 Å². The number of hydrogen-bond donors (Lipinski definition) is 1. The highest BCUT2D eigenvalue weighted by Crippen LogP contribution is 2.32. The largest absolute Gasteiger partial charge is 0.352 e. The lowest BCUT2D eigenvalue weighted by molar-refractivity contribution is -0.140. The summed E-state index contributed by atoms with van der Waals surface area (Å²) < 4.78 is 29.4. The van der Waals surface area contributed by atoms with Crippen LogP contribution in [0.2, 0.25) is 15.1 Å². The maximum Gasteiger partial charge on any atom is 0.264 e. The maximum absolute atomic E-state index is 14.6. The molecule has 0 radical (unpaired) electrons. The zero-order chi connectivity index (χ0) is 33.4. The standard InChI is InChI=1S/C35H36Cl3N3O4S/c1-4-24(2)39-35(43)33(20-26-12-7-5-8-13-26)40(22-27-18-19-28(36)21-31(27)38)34(42)23-41(32-17-11-16-30(37)25(32)3)46(44,45)29-14-9-6-10-15-29/h5-19,21,24,33H,4,20,22-23H2,1-3H3,(H,39,43)/t24-,33-/m0/s1. The van der Waals surface area contributed by atoms with Gasteiger partial charge in [0.1, 0.15) is 12.6 Å². The van der Waals surface area contributed by atoms with Gasteiger partial charge in [0.05, 0.1) is 10.6 Å². The van der Waals surface area contributed by atoms with Gasteiger partial charge in [-0.3, -0.25) is 13.9 Å². The van der Waals surface area contributed by atoms with Crippen molar-refractivity contribution in [1.82, 2.24) is 10.2 Å². The molecule has 4 aromatic carbocycles. The average molecular weight is 701 g/mol. The van der Waals surface area contributed by atoms with E-state index >= 15 is 0 Å². The highest BCUT2D eigenvalue weighted by Gasteiger charge is 2.35. The van der Waals surface area contributed by atoms with Gasteiger partial charge in [0, 0.05) is 34.1 Å². The normalized spacial score (nSPS) is 12.7. The zero-order valence-electron chi connectivity index (χ0n) is 25.8. The Bertz CT molecular complexity index is 1770. The van der Waals surface area contributed by atoms with Gasteiger partial charge in [-0.05, 0) is 73.4 Å². The van der Waals surface area contributed by atoms with E-state index in [0.29, 0.717) is 32.6 Å². The van der Waals surface area contributed by atoms with E-state index in [1.165, 1.54) is 17.0 Å². The second-order valence-corrected chi connectivity index (χ2v) is 14.1. The molecule has 0 unspecified atom stereocenters. The molecule has 0 aliphatic rings. The minimum atomic E-state index is -4.25. The average Bonchev–Trinajstić information content (AvgIpc) is 3.04. The first-order chi connectivity index (χ1) is 21.9. The van der Waals surface area contributed by atoms with Gasteiger partial charge in [0.25, 0.3) is 10.0 Å².